The van der Waals surface area contributed by atoms with Gasteiger partial charge in [0, 0.05) is 42.2 Å². The largest absolute Gasteiger partial charge is 0.317 e. The highest BCUT2D eigenvalue weighted by Crippen LogP contribution is 2.46. The number of anilines is 2. The average Bonchev–Trinajstić information content (AvgIpc) is 3.58. The number of fused-ring (bicyclic) bond motifs is 2. The Bertz CT molecular complexity index is 1430. The minimum atomic E-state index is -0.475. The number of carbonyl (C=O) groups is 2. The molecular formula is C27H25FN4O2S2. The van der Waals surface area contributed by atoms with Crippen LogP contribution in [0.4, 0.5) is 15.1 Å². The van der Waals surface area contributed by atoms with Crippen molar-refractivity contribution in [3.05, 3.63) is 64.8 Å². The lowest BCUT2D eigenvalue weighted by atomic mass is 10.0. The number of amides is 2. The molecule has 6 nitrogen and oxygen atoms in total. The highest BCUT2D eigenvalue weighted by molar-refractivity contribution is 7.22. The standard InChI is InChI=1S/C27H25FN4O2S2/c1-2-31-12-11-19-22(15-31)36-27(24(19)26-29-20-5-3-4-6-21(20)35-26)30-25(34)16-13-23(33)32(14-16)18-9-7-17(28)8-10-18/h3-10,16H,2,11-15H2,1H3,(H,30,34). The molecule has 2 aliphatic rings. The van der Waals surface area contributed by atoms with Crippen LogP contribution in [0.3, 0.4) is 0 Å². The number of rotatable bonds is 5. The Balaban J connectivity index is 1.30. The first kappa shape index (κ1) is 23.3. The molecule has 2 aromatic carbocycles. The summed E-state index contributed by atoms with van der Waals surface area (Å²) in [6.07, 6.45) is 1.05. The minimum Gasteiger partial charge on any atom is -0.317 e. The highest BCUT2D eigenvalue weighted by Gasteiger charge is 2.36. The molecule has 36 heavy (non-hydrogen) atoms. The van der Waals surface area contributed by atoms with E-state index >= 15 is 0 Å². The molecule has 1 atom stereocenters. The van der Waals surface area contributed by atoms with Crippen LogP contribution in [0.2, 0.25) is 0 Å². The molecule has 4 heterocycles. The predicted octanol–water partition coefficient (Wildman–Crippen LogP) is 5.53. The number of hydrogen-bond acceptors (Lipinski definition) is 6. The van der Waals surface area contributed by atoms with E-state index in [1.165, 1.54) is 22.6 Å². The number of carbonyl (C=O) groups excluding carboxylic acids is 2. The molecule has 4 aromatic rings. The van der Waals surface area contributed by atoms with Crippen molar-refractivity contribution in [1.82, 2.24) is 9.88 Å². The molecule has 1 fully saturated rings. The van der Waals surface area contributed by atoms with Crippen LogP contribution in [-0.2, 0) is 22.6 Å². The van der Waals surface area contributed by atoms with Crippen molar-refractivity contribution in [1.29, 1.82) is 0 Å². The van der Waals surface area contributed by atoms with E-state index in [4.69, 9.17) is 4.98 Å². The highest BCUT2D eigenvalue weighted by atomic mass is 32.1. The summed E-state index contributed by atoms with van der Waals surface area (Å²) in [5.41, 5.74) is 3.87. The van der Waals surface area contributed by atoms with Gasteiger partial charge in [0.2, 0.25) is 11.8 Å². The van der Waals surface area contributed by atoms with Gasteiger partial charge in [-0.15, -0.1) is 22.7 Å². The fourth-order valence-corrected chi connectivity index (χ4v) is 7.39. The maximum Gasteiger partial charge on any atom is 0.230 e. The van der Waals surface area contributed by atoms with Crippen LogP contribution in [0.15, 0.2) is 48.5 Å². The number of benzene rings is 2. The molecule has 1 saturated heterocycles. The van der Waals surface area contributed by atoms with Gasteiger partial charge >= 0.3 is 0 Å². The van der Waals surface area contributed by atoms with Crippen molar-refractivity contribution < 1.29 is 14.0 Å². The van der Waals surface area contributed by atoms with E-state index in [0.717, 1.165) is 51.8 Å². The molecule has 2 aliphatic heterocycles. The van der Waals surface area contributed by atoms with E-state index in [1.807, 2.05) is 18.2 Å². The van der Waals surface area contributed by atoms with Crippen molar-refractivity contribution in [2.24, 2.45) is 5.92 Å². The first-order valence-electron chi connectivity index (χ1n) is 12.1. The summed E-state index contributed by atoms with van der Waals surface area (Å²) in [4.78, 5) is 36.2. The van der Waals surface area contributed by atoms with Gasteiger partial charge in [-0.2, -0.15) is 0 Å². The molecule has 0 bridgehead atoms. The van der Waals surface area contributed by atoms with Crippen LogP contribution in [-0.4, -0.2) is 41.3 Å². The molecule has 2 amide bonds. The van der Waals surface area contributed by atoms with Gasteiger partial charge in [0.1, 0.15) is 15.8 Å². The Morgan fingerprint density at radius 3 is 2.75 bits per heavy atom. The Labute approximate surface area is 216 Å². The number of likely N-dealkylation sites (N-methyl/N-ethyl adjacent to an activating group) is 1. The quantitative estimate of drug-likeness (QED) is 0.376. The van der Waals surface area contributed by atoms with Crippen LogP contribution < -0.4 is 10.2 Å². The number of nitrogens with one attached hydrogen (secondary N) is 1. The lowest BCUT2D eigenvalue weighted by molar-refractivity contribution is -0.122. The van der Waals surface area contributed by atoms with E-state index in [1.54, 1.807) is 39.7 Å². The molecule has 2 aromatic heterocycles. The number of aromatic nitrogens is 1. The van der Waals surface area contributed by atoms with E-state index in [2.05, 4.69) is 23.2 Å². The van der Waals surface area contributed by atoms with Gasteiger partial charge in [-0.05, 0) is 54.9 Å². The lowest BCUT2D eigenvalue weighted by Gasteiger charge is -2.25. The zero-order valence-corrected chi connectivity index (χ0v) is 21.4. The molecule has 0 aliphatic carbocycles. The summed E-state index contributed by atoms with van der Waals surface area (Å²) in [7, 11) is 0. The smallest absolute Gasteiger partial charge is 0.230 e. The number of thiophene rings is 1. The first-order chi connectivity index (χ1) is 17.5. The van der Waals surface area contributed by atoms with Gasteiger partial charge in [0.15, 0.2) is 0 Å². The Kier molecular flexibility index (Phi) is 6.07. The molecular weight excluding hydrogens is 495 g/mol. The topological polar surface area (TPSA) is 65.5 Å². The molecule has 184 valence electrons. The maximum atomic E-state index is 13.4. The average molecular weight is 521 g/mol. The summed E-state index contributed by atoms with van der Waals surface area (Å²) in [5, 5.41) is 4.91. The third kappa shape index (κ3) is 4.21. The van der Waals surface area contributed by atoms with Crippen LogP contribution in [0.5, 0.6) is 0 Å². The summed E-state index contributed by atoms with van der Waals surface area (Å²) < 4.78 is 14.5. The Hall–Kier alpha value is -3.14. The zero-order valence-electron chi connectivity index (χ0n) is 19.8. The van der Waals surface area contributed by atoms with Gasteiger partial charge in [-0.25, -0.2) is 9.37 Å². The van der Waals surface area contributed by atoms with Gasteiger partial charge in [-0.3, -0.25) is 14.5 Å². The number of thiazole rings is 1. The fourth-order valence-electron chi connectivity index (χ4n) is 4.99. The second-order valence-corrected chi connectivity index (χ2v) is 11.3. The van der Waals surface area contributed by atoms with Crippen molar-refractivity contribution in [3.8, 4) is 10.6 Å². The molecule has 1 unspecified atom stereocenters. The van der Waals surface area contributed by atoms with Crippen LogP contribution >= 0.6 is 22.7 Å². The Morgan fingerprint density at radius 1 is 1.17 bits per heavy atom. The molecule has 0 saturated carbocycles. The fraction of sp³-hybridized carbons (Fsp3) is 0.296. The summed E-state index contributed by atoms with van der Waals surface area (Å²) in [6, 6.07) is 13.9. The second-order valence-electron chi connectivity index (χ2n) is 9.18. The lowest BCUT2D eigenvalue weighted by Crippen LogP contribution is -2.29. The van der Waals surface area contributed by atoms with Crippen molar-refractivity contribution >= 4 is 55.4 Å². The van der Waals surface area contributed by atoms with Crippen molar-refractivity contribution in [3.63, 3.8) is 0 Å². The van der Waals surface area contributed by atoms with E-state index in [-0.39, 0.29) is 30.6 Å². The maximum absolute atomic E-state index is 13.4. The SMILES string of the molecule is CCN1CCc2c(sc(NC(=O)C3CC(=O)N(c4ccc(F)cc4)C3)c2-c2nc3ccccc3s2)C1. The first-order valence-corrected chi connectivity index (χ1v) is 13.7. The van der Waals surface area contributed by atoms with Gasteiger partial charge < -0.3 is 10.2 Å². The monoisotopic (exact) mass is 520 g/mol. The summed E-state index contributed by atoms with van der Waals surface area (Å²) in [5.74, 6) is -1.12. The minimum absolute atomic E-state index is 0.128. The van der Waals surface area contributed by atoms with E-state index < -0.39 is 5.92 Å². The predicted molar refractivity (Wildman–Crippen MR) is 143 cm³/mol. The van der Waals surface area contributed by atoms with Crippen LogP contribution in [0.1, 0.15) is 23.8 Å². The Morgan fingerprint density at radius 2 is 1.97 bits per heavy atom. The number of para-hydroxylation sites is 1. The van der Waals surface area contributed by atoms with E-state index in [0.29, 0.717) is 5.69 Å². The van der Waals surface area contributed by atoms with Crippen molar-refractivity contribution in [2.75, 3.05) is 29.9 Å². The molecule has 0 radical (unpaired) electrons. The summed E-state index contributed by atoms with van der Waals surface area (Å²) >= 11 is 3.27. The second kappa shape index (κ2) is 9.38. The normalized spacial score (nSPS) is 18.1. The van der Waals surface area contributed by atoms with Crippen molar-refractivity contribution in [2.45, 2.75) is 26.3 Å². The number of nitrogens with zero attached hydrogens (tertiary/aromatic N) is 3. The van der Waals surface area contributed by atoms with Gasteiger partial charge in [0.25, 0.3) is 0 Å². The van der Waals surface area contributed by atoms with Gasteiger partial charge in [0.05, 0.1) is 16.1 Å². The third-order valence-electron chi connectivity index (χ3n) is 6.96. The zero-order chi connectivity index (χ0) is 24.8. The van der Waals surface area contributed by atoms with Gasteiger partial charge in [-0.1, -0.05) is 19.1 Å². The molecule has 9 heteroatoms. The van der Waals surface area contributed by atoms with E-state index in [9.17, 15) is 14.0 Å². The summed E-state index contributed by atoms with van der Waals surface area (Å²) in [6.45, 7) is 5.28. The molecule has 6 rings (SSSR count). The number of halogens is 1. The number of hydrogen-bond donors (Lipinski definition) is 1. The third-order valence-corrected chi connectivity index (χ3v) is 9.15. The van der Waals surface area contributed by atoms with Crippen LogP contribution in [0, 0.1) is 11.7 Å². The van der Waals surface area contributed by atoms with Crippen LogP contribution in [0.25, 0.3) is 20.8 Å². The molecule has 1 N–H and O–H groups in total. The molecule has 0 spiro atoms.